The Balaban J connectivity index is 1.31. The van der Waals surface area contributed by atoms with Crippen LogP contribution < -0.4 is 15.1 Å². The zero-order valence-electron chi connectivity index (χ0n) is 24.1. The van der Waals surface area contributed by atoms with Crippen molar-refractivity contribution in [2.24, 2.45) is 5.92 Å². The number of benzene rings is 2. The molecule has 43 heavy (non-hydrogen) atoms. The molecule has 3 aromatic rings. The second kappa shape index (κ2) is 12.7. The fourth-order valence-electron chi connectivity index (χ4n) is 6.51. The minimum atomic E-state index is -0.671. The van der Waals surface area contributed by atoms with E-state index in [-0.39, 0.29) is 24.3 Å². The third kappa shape index (κ3) is 6.13. The van der Waals surface area contributed by atoms with Gasteiger partial charge in [-0.2, -0.15) is 5.21 Å². The fourth-order valence-corrected chi connectivity index (χ4v) is 6.51. The predicted molar refractivity (Wildman–Crippen MR) is 160 cm³/mol. The van der Waals surface area contributed by atoms with Crippen molar-refractivity contribution in [3.05, 3.63) is 48.5 Å². The summed E-state index contributed by atoms with van der Waals surface area (Å²) in [6.07, 6.45) is 9.36. The van der Waals surface area contributed by atoms with Crippen molar-refractivity contribution in [2.45, 2.75) is 70.3 Å². The SMILES string of the molecule is O=C(CN1C(=O)N(CC(=O)C2CCCC2)c2ccccc2N(C2CCCCCC2)C1=O)Nc1cccc(-c2nn[nH]n2)c1. The number of amides is 5. The molecule has 2 saturated carbocycles. The van der Waals surface area contributed by atoms with Crippen molar-refractivity contribution in [3.8, 4) is 11.4 Å². The molecule has 0 atom stereocenters. The highest BCUT2D eigenvalue weighted by Crippen LogP contribution is 2.38. The summed E-state index contributed by atoms with van der Waals surface area (Å²) in [5.41, 5.74) is 2.22. The Bertz CT molecular complexity index is 1480. The van der Waals surface area contributed by atoms with E-state index in [2.05, 4.69) is 25.9 Å². The number of nitrogens with zero attached hydrogens (tertiary/aromatic N) is 6. The van der Waals surface area contributed by atoms with Crippen LogP contribution in [0.3, 0.4) is 0 Å². The molecule has 0 spiro atoms. The quantitative estimate of drug-likeness (QED) is 0.348. The summed E-state index contributed by atoms with van der Waals surface area (Å²) in [4.78, 5) is 59.4. The number of hydrogen-bond acceptors (Lipinski definition) is 7. The average Bonchev–Trinajstić information content (AvgIpc) is 3.69. The summed E-state index contributed by atoms with van der Waals surface area (Å²) in [5.74, 6) is -0.284. The molecule has 0 bridgehead atoms. The smallest absolute Gasteiger partial charge is 0.325 e. The Labute approximate surface area is 249 Å². The van der Waals surface area contributed by atoms with Crippen LogP contribution in [0.5, 0.6) is 0 Å². The van der Waals surface area contributed by atoms with Gasteiger partial charge in [-0.05, 0) is 55.2 Å². The number of hydrogen-bond donors (Lipinski definition) is 2. The number of fused-ring (bicyclic) bond motifs is 1. The molecule has 12 heteroatoms. The van der Waals surface area contributed by atoms with Crippen LogP contribution in [0.25, 0.3) is 11.4 Å². The Morgan fingerprint density at radius 1 is 0.814 bits per heavy atom. The number of nitrogens with one attached hydrogen (secondary N) is 2. The molecule has 1 aliphatic heterocycles. The van der Waals surface area contributed by atoms with E-state index in [1.54, 1.807) is 35.2 Å². The zero-order valence-corrected chi connectivity index (χ0v) is 24.1. The van der Waals surface area contributed by atoms with Gasteiger partial charge in [-0.3, -0.25) is 19.4 Å². The molecule has 2 heterocycles. The number of tetrazole rings is 1. The summed E-state index contributed by atoms with van der Waals surface area (Å²) >= 11 is 0. The molecule has 3 aliphatic rings. The van der Waals surface area contributed by atoms with Gasteiger partial charge >= 0.3 is 12.1 Å². The van der Waals surface area contributed by atoms with Crippen molar-refractivity contribution >= 4 is 40.8 Å². The van der Waals surface area contributed by atoms with Gasteiger partial charge in [-0.25, -0.2) is 14.5 Å². The number of para-hydroxylation sites is 2. The number of H-pyrrole nitrogens is 1. The van der Waals surface area contributed by atoms with Crippen LogP contribution in [0, 0.1) is 5.92 Å². The first-order valence-electron chi connectivity index (χ1n) is 15.2. The number of ketones is 1. The van der Waals surface area contributed by atoms with Gasteiger partial charge in [0, 0.05) is 23.2 Å². The van der Waals surface area contributed by atoms with E-state index in [9.17, 15) is 19.2 Å². The topological polar surface area (TPSA) is 144 Å². The van der Waals surface area contributed by atoms with Gasteiger partial charge in [0.15, 0.2) is 5.78 Å². The predicted octanol–water partition coefficient (Wildman–Crippen LogP) is 5.16. The van der Waals surface area contributed by atoms with Crippen LogP contribution in [0.4, 0.5) is 26.7 Å². The van der Waals surface area contributed by atoms with Crippen LogP contribution in [0.1, 0.15) is 64.2 Å². The standard InChI is InChI=1S/C31H36N8O4/c40-27(21-10-5-6-11-21)19-37-25-16-7-8-17-26(25)39(24-14-3-1-2-4-15-24)31(43)38(30(37)42)20-28(41)32-23-13-9-12-22(18-23)29-33-35-36-34-29/h7-9,12-13,16-18,21,24H,1-6,10-11,14-15,19-20H2,(H,32,41)(H,33,34,35,36). The summed E-state index contributed by atoms with van der Waals surface area (Å²) in [5, 5.41) is 16.7. The van der Waals surface area contributed by atoms with Crippen LogP contribution in [0.2, 0.25) is 0 Å². The number of anilines is 3. The molecule has 1 aromatic heterocycles. The molecule has 0 saturated heterocycles. The second-order valence-corrected chi connectivity index (χ2v) is 11.6. The molecule has 0 radical (unpaired) electrons. The van der Waals surface area contributed by atoms with Crippen LogP contribution in [-0.2, 0) is 9.59 Å². The van der Waals surface area contributed by atoms with Crippen molar-refractivity contribution in [1.82, 2.24) is 25.5 Å². The normalized spacial score (nSPS) is 18.4. The molecule has 2 N–H and O–H groups in total. The largest absolute Gasteiger partial charge is 0.333 e. The number of carbonyl (C=O) groups is 4. The maximum atomic E-state index is 14.3. The van der Waals surface area contributed by atoms with Gasteiger partial charge in [0.2, 0.25) is 11.7 Å². The lowest BCUT2D eigenvalue weighted by Crippen LogP contribution is -2.54. The fraction of sp³-hybridized carbons (Fsp3) is 0.452. The number of Topliss-reactive ketones (excluding diaryl/α,β-unsaturated/α-hetero) is 1. The first kappa shape index (κ1) is 28.5. The maximum Gasteiger partial charge on any atom is 0.333 e. The molecule has 6 rings (SSSR count). The second-order valence-electron chi connectivity index (χ2n) is 11.6. The van der Waals surface area contributed by atoms with Crippen molar-refractivity contribution in [2.75, 3.05) is 28.2 Å². The maximum absolute atomic E-state index is 14.3. The molecule has 12 nitrogen and oxygen atoms in total. The lowest BCUT2D eigenvalue weighted by atomic mass is 10.0. The van der Waals surface area contributed by atoms with E-state index < -0.39 is 24.5 Å². The highest BCUT2D eigenvalue weighted by Gasteiger charge is 2.42. The van der Waals surface area contributed by atoms with Gasteiger partial charge in [0.05, 0.1) is 17.9 Å². The molecule has 224 valence electrons. The summed E-state index contributed by atoms with van der Waals surface area (Å²) < 4.78 is 0. The van der Waals surface area contributed by atoms with Gasteiger partial charge in [-0.1, -0.05) is 62.8 Å². The number of urea groups is 2. The van der Waals surface area contributed by atoms with E-state index in [1.807, 2.05) is 18.2 Å². The molecule has 0 unspecified atom stereocenters. The van der Waals surface area contributed by atoms with E-state index in [0.29, 0.717) is 28.5 Å². The van der Waals surface area contributed by atoms with Gasteiger partial charge in [0.1, 0.15) is 6.54 Å². The van der Waals surface area contributed by atoms with Crippen LogP contribution in [-0.4, -0.2) is 68.4 Å². The zero-order chi connectivity index (χ0) is 29.8. The number of aromatic amines is 1. The van der Waals surface area contributed by atoms with E-state index in [0.717, 1.165) is 69.1 Å². The number of imide groups is 1. The third-order valence-electron chi connectivity index (χ3n) is 8.70. The first-order valence-corrected chi connectivity index (χ1v) is 15.2. The minimum absolute atomic E-state index is 0.0151. The van der Waals surface area contributed by atoms with Crippen LogP contribution >= 0.6 is 0 Å². The molecule has 2 aromatic carbocycles. The molecule has 2 aliphatic carbocycles. The van der Waals surface area contributed by atoms with E-state index >= 15 is 0 Å². The van der Waals surface area contributed by atoms with Crippen molar-refractivity contribution in [3.63, 3.8) is 0 Å². The Kier molecular flexibility index (Phi) is 8.43. The Hall–Kier alpha value is -4.61. The number of carbonyl (C=O) groups excluding carboxylic acids is 4. The lowest BCUT2D eigenvalue weighted by molar-refractivity contribution is -0.121. The van der Waals surface area contributed by atoms with Crippen molar-refractivity contribution in [1.29, 1.82) is 0 Å². The number of aromatic nitrogens is 4. The molecular weight excluding hydrogens is 548 g/mol. The van der Waals surface area contributed by atoms with Gasteiger partial charge < -0.3 is 5.32 Å². The Morgan fingerprint density at radius 3 is 2.26 bits per heavy atom. The van der Waals surface area contributed by atoms with Crippen LogP contribution in [0.15, 0.2) is 48.5 Å². The minimum Gasteiger partial charge on any atom is -0.325 e. The molecular formula is C31H36N8O4. The summed E-state index contributed by atoms with van der Waals surface area (Å²) in [6, 6.07) is 12.9. The number of rotatable bonds is 8. The average molecular weight is 585 g/mol. The third-order valence-corrected chi connectivity index (χ3v) is 8.70. The van der Waals surface area contributed by atoms with Crippen molar-refractivity contribution < 1.29 is 19.2 Å². The molecule has 5 amide bonds. The highest BCUT2D eigenvalue weighted by molar-refractivity contribution is 6.16. The summed E-state index contributed by atoms with van der Waals surface area (Å²) in [7, 11) is 0. The monoisotopic (exact) mass is 584 g/mol. The summed E-state index contributed by atoms with van der Waals surface area (Å²) in [6.45, 7) is -0.646. The van der Waals surface area contributed by atoms with E-state index in [4.69, 9.17) is 0 Å². The van der Waals surface area contributed by atoms with Gasteiger partial charge in [0.25, 0.3) is 0 Å². The Morgan fingerprint density at radius 2 is 1.53 bits per heavy atom. The lowest BCUT2D eigenvalue weighted by Gasteiger charge is -2.33. The van der Waals surface area contributed by atoms with Gasteiger partial charge in [-0.15, -0.1) is 10.2 Å². The highest BCUT2D eigenvalue weighted by atomic mass is 16.2. The first-order chi connectivity index (χ1) is 21.0. The molecule has 2 fully saturated rings. The van der Waals surface area contributed by atoms with E-state index in [1.165, 1.54) is 4.90 Å².